The van der Waals surface area contributed by atoms with Crippen LogP contribution in [0.25, 0.3) is 0 Å². The number of ether oxygens (including phenoxy) is 1. The van der Waals surface area contributed by atoms with E-state index in [0.717, 1.165) is 25.1 Å². The molecule has 1 aromatic carbocycles. The topological polar surface area (TPSA) is 38.8 Å². The number of carbonyl (C=O) groups excluding carboxylic acids is 1. The zero-order valence-electron chi connectivity index (χ0n) is 10.5. The van der Waals surface area contributed by atoms with Crippen LogP contribution in [0.5, 0.6) is 5.75 Å². The number of hydrogen-bond acceptors (Lipinski definition) is 3. The zero-order valence-corrected chi connectivity index (χ0v) is 10.5. The number of para-hydroxylation sites is 1. The van der Waals surface area contributed by atoms with Crippen molar-refractivity contribution in [1.82, 2.24) is 5.06 Å². The third-order valence-corrected chi connectivity index (χ3v) is 2.83. The molecule has 1 aliphatic rings. The van der Waals surface area contributed by atoms with Gasteiger partial charge in [0.2, 0.25) is 5.91 Å². The van der Waals surface area contributed by atoms with Crippen LogP contribution in [-0.2, 0) is 9.63 Å². The van der Waals surface area contributed by atoms with Gasteiger partial charge in [0, 0.05) is 13.0 Å². The van der Waals surface area contributed by atoms with E-state index >= 15 is 0 Å². The predicted molar refractivity (Wildman–Crippen MR) is 68.1 cm³/mol. The highest BCUT2D eigenvalue weighted by Crippen LogP contribution is 2.11. The third-order valence-electron chi connectivity index (χ3n) is 2.83. The summed E-state index contributed by atoms with van der Waals surface area (Å²) in [7, 11) is 0. The maximum absolute atomic E-state index is 11.8. The first-order chi connectivity index (χ1) is 8.86. The predicted octanol–water partition coefficient (Wildman–Crippen LogP) is 2.40. The lowest BCUT2D eigenvalue weighted by atomic mass is 10.2. The quantitative estimate of drug-likeness (QED) is 0.752. The van der Waals surface area contributed by atoms with Crippen molar-refractivity contribution in [3.63, 3.8) is 0 Å². The molecule has 1 saturated heterocycles. The Kier molecular flexibility index (Phi) is 5.02. The Balaban J connectivity index is 1.61. The van der Waals surface area contributed by atoms with Gasteiger partial charge in [-0.25, -0.2) is 5.06 Å². The molecule has 0 atom stereocenters. The number of nitrogens with zero attached hydrogens (tertiary/aromatic N) is 1. The van der Waals surface area contributed by atoms with E-state index in [9.17, 15) is 4.79 Å². The fraction of sp³-hybridized carbons (Fsp3) is 0.500. The van der Waals surface area contributed by atoms with Crippen LogP contribution < -0.4 is 4.74 Å². The standard InChI is InChI=1S/C14H19NO3/c16-14(15-10-4-5-12-18-15)9-6-11-17-13-7-2-1-3-8-13/h1-3,7-8H,4-6,9-12H2. The Morgan fingerprint density at radius 1 is 1.28 bits per heavy atom. The van der Waals surface area contributed by atoms with Crippen molar-refractivity contribution in [2.24, 2.45) is 0 Å². The summed E-state index contributed by atoms with van der Waals surface area (Å²) in [5.74, 6) is 0.908. The summed E-state index contributed by atoms with van der Waals surface area (Å²) in [4.78, 5) is 17.1. The summed E-state index contributed by atoms with van der Waals surface area (Å²) in [6, 6.07) is 9.64. The monoisotopic (exact) mass is 249 g/mol. The average Bonchev–Trinajstić information content (AvgIpc) is 2.45. The molecule has 1 heterocycles. The first-order valence-corrected chi connectivity index (χ1v) is 6.47. The van der Waals surface area contributed by atoms with Crippen LogP contribution in [0.1, 0.15) is 25.7 Å². The van der Waals surface area contributed by atoms with Crippen molar-refractivity contribution < 1.29 is 14.4 Å². The smallest absolute Gasteiger partial charge is 0.246 e. The molecule has 0 radical (unpaired) electrons. The lowest BCUT2D eigenvalue weighted by Crippen LogP contribution is -2.35. The van der Waals surface area contributed by atoms with Gasteiger partial charge in [0.05, 0.1) is 13.2 Å². The minimum Gasteiger partial charge on any atom is -0.494 e. The molecular weight excluding hydrogens is 230 g/mol. The lowest BCUT2D eigenvalue weighted by molar-refractivity contribution is -0.197. The normalized spacial score (nSPS) is 15.4. The summed E-state index contributed by atoms with van der Waals surface area (Å²) in [6.45, 7) is 1.94. The van der Waals surface area contributed by atoms with Crippen LogP contribution in [0, 0.1) is 0 Å². The van der Waals surface area contributed by atoms with Crippen molar-refractivity contribution in [1.29, 1.82) is 0 Å². The van der Waals surface area contributed by atoms with Crippen LogP contribution in [0.15, 0.2) is 30.3 Å². The van der Waals surface area contributed by atoms with Crippen LogP contribution >= 0.6 is 0 Å². The molecule has 0 spiro atoms. The third kappa shape index (κ3) is 4.04. The second-order valence-electron chi connectivity index (χ2n) is 4.30. The van der Waals surface area contributed by atoms with Gasteiger partial charge in [0.15, 0.2) is 0 Å². The number of benzene rings is 1. The number of rotatable bonds is 5. The second-order valence-corrected chi connectivity index (χ2v) is 4.30. The molecule has 0 N–H and O–H groups in total. The van der Waals surface area contributed by atoms with Gasteiger partial charge in [-0.05, 0) is 31.4 Å². The molecule has 18 heavy (non-hydrogen) atoms. The summed E-state index contributed by atoms with van der Waals surface area (Å²) < 4.78 is 5.53. The van der Waals surface area contributed by atoms with Gasteiger partial charge >= 0.3 is 0 Å². The average molecular weight is 249 g/mol. The van der Waals surface area contributed by atoms with E-state index in [2.05, 4.69) is 0 Å². The molecule has 2 rings (SSSR count). The molecule has 0 unspecified atom stereocenters. The molecule has 98 valence electrons. The molecule has 0 saturated carbocycles. The molecule has 4 nitrogen and oxygen atoms in total. The zero-order chi connectivity index (χ0) is 12.6. The minimum atomic E-state index is 0.0614. The van der Waals surface area contributed by atoms with Gasteiger partial charge in [-0.1, -0.05) is 18.2 Å². The summed E-state index contributed by atoms with van der Waals surface area (Å²) in [6.07, 6.45) is 3.27. The SMILES string of the molecule is O=C(CCCOc1ccccc1)N1CCCCO1. The number of hydrogen-bond donors (Lipinski definition) is 0. The molecule has 0 aromatic heterocycles. The summed E-state index contributed by atoms with van der Waals surface area (Å²) in [5, 5.41) is 1.49. The molecule has 4 heteroatoms. The fourth-order valence-electron chi connectivity index (χ4n) is 1.85. The molecule has 1 aromatic rings. The van der Waals surface area contributed by atoms with E-state index in [4.69, 9.17) is 9.57 Å². The summed E-state index contributed by atoms with van der Waals surface area (Å²) in [5.41, 5.74) is 0. The second kappa shape index (κ2) is 7.01. The Morgan fingerprint density at radius 2 is 2.11 bits per heavy atom. The van der Waals surface area contributed by atoms with Crippen LogP contribution in [-0.4, -0.2) is 30.7 Å². The minimum absolute atomic E-state index is 0.0614. The maximum Gasteiger partial charge on any atom is 0.246 e. The Hall–Kier alpha value is -1.55. The molecule has 1 fully saturated rings. The Bertz CT molecular complexity index is 361. The van der Waals surface area contributed by atoms with Crippen molar-refractivity contribution >= 4 is 5.91 Å². The van der Waals surface area contributed by atoms with E-state index < -0.39 is 0 Å². The van der Waals surface area contributed by atoms with Crippen molar-refractivity contribution in [2.45, 2.75) is 25.7 Å². The molecular formula is C14H19NO3. The van der Waals surface area contributed by atoms with Crippen molar-refractivity contribution in [2.75, 3.05) is 19.8 Å². The fourth-order valence-corrected chi connectivity index (χ4v) is 1.85. The number of amides is 1. The van der Waals surface area contributed by atoms with Gasteiger partial charge < -0.3 is 4.74 Å². The first-order valence-electron chi connectivity index (χ1n) is 6.47. The first kappa shape index (κ1) is 12.9. The summed E-state index contributed by atoms with van der Waals surface area (Å²) >= 11 is 0. The molecule has 0 bridgehead atoms. The van der Waals surface area contributed by atoms with Crippen LogP contribution in [0.2, 0.25) is 0 Å². The van der Waals surface area contributed by atoms with E-state index in [1.165, 1.54) is 5.06 Å². The van der Waals surface area contributed by atoms with Gasteiger partial charge in [-0.15, -0.1) is 0 Å². The Labute approximate surface area is 107 Å². The van der Waals surface area contributed by atoms with Crippen molar-refractivity contribution in [3.8, 4) is 5.75 Å². The highest BCUT2D eigenvalue weighted by atomic mass is 16.7. The van der Waals surface area contributed by atoms with Crippen LogP contribution in [0.3, 0.4) is 0 Å². The number of hydroxylamine groups is 2. The van der Waals surface area contributed by atoms with Crippen LogP contribution in [0.4, 0.5) is 0 Å². The molecule has 0 aliphatic carbocycles. The molecule has 1 aliphatic heterocycles. The van der Waals surface area contributed by atoms with Gasteiger partial charge in [0.1, 0.15) is 5.75 Å². The van der Waals surface area contributed by atoms with E-state index in [1.807, 2.05) is 30.3 Å². The highest BCUT2D eigenvalue weighted by Gasteiger charge is 2.16. The highest BCUT2D eigenvalue weighted by molar-refractivity contribution is 5.75. The van der Waals surface area contributed by atoms with Gasteiger partial charge in [-0.2, -0.15) is 0 Å². The largest absolute Gasteiger partial charge is 0.494 e. The van der Waals surface area contributed by atoms with Crippen molar-refractivity contribution in [3.05, 3.63) is 30.3 Å². The lowest BCUT2D eigenvalue weighted by Gasteiger charge is -2.25. The Morgan fingerprint density at radius 3 is 2.83 bits per heavy atom. The molecule has 1 amide bonds. The van der Waals surface area contributed by atoms with Gasteiger partial charge in [-0.3, -0.25) is 9.63 Å². The maximum atomic E-state index is 11.8. The van der Waals surface area contributed by atoms with E-state index in [1.54, 1.807) is 0 Å². The number of carbonyl (C=O) groups is 1. The van der Waals surface area contributed by atoms with E-state index in [-0.39, 0.29) is 5.91 Å². The van der Waals surface area contributed by atoms with Gasteiger partial charge in [0.25, 0.3) is 0 Å². The van der Waals surface area contributed by atoms with E-state index in [0.29, 0.717) is 26.1 Å².